The monoisotopic (exact) mass is 271 g/mol. The highest BCUT2D eigenvalue weighted by molar-refractivity contribution is 5.97. The van der Waals surface area contributed by atoms with Gasteiger partial charge in [0, 0.05) is 13.2 Å². The summed E-state index contributed by atoms with van der Waals surface area (Å²) in [5.74, 6) is -2.49. The van der Waals surface area contributed by atoms with E-state index in [-0.39, 0.29) is 6.10 Å². The summed E-state index contributed by atoms with van der Waals surface area (Å²) < 4.78 is 5.57. The molecule has 2 unspecified atom stereocenters. The van der Waals surface area contributed by atoms with E-state index in [1.807, 2.05) is 0 Å². The highest BCUT2D eigenvalue weighted by atomic mass is 16.5. The minimum atomic E-state index is -1.07. The maximum absolute atomic E-state index is 11.9. The zero-order valence-electron chi connectivity index (χ0n) is 12.1. The first kappa shape index (κ1) is 16.0. The number of hydrogen-bond donors (Lipinski definition) is 2. The Labute approximate surface area is 114 Å². The van der Waals surface area contributed by atoms with Gasteiger partial charge in [-0.15, -0.1) is 0 Å². The SMILES string of the molecule is CC(C)(C)C(C(=O)O)C(=O)NCCC1CCCCO1. The van der Waals surface area contributed by atoms with E-state index in [1.165, 1.54) is 6.42 Å². The fourth-order valence-corrected chi connectivity index (χ4v) is 2.37. The quantitative estimate of drug-likeness (QED) is 0.748. The standard InChI is InChI=1S/C14H25NO4/c1-14(2,3)11(13(17)18)12(16)15-8-7-10-6-4-5-9-19-10/h10-11H,4-9H2,1-3H3,(H,15,16)(H,17,18). The van der Waals surface area contributed by atoms with Crippen molar-refractivity contribution < 1.29 is 19.4 Å². The third kappa shape index (κ3) is 5.19. The van der Waals surface area contributed by atoms with Crippen LogP contribution < -0.4 is 5.32 Å². The Morgan fingerprint density at radius 3 is 2.53 bits per heavy atom. The third-order valence-electron chi connectivity index (χ3n) is 3.41. The molecule has 1 rings (SSSR count). The van der Waals surface area contributed by atoms with Crippen LogP contribution in [0, 0.1) is 11.3 Å². The molecule has 1 aliphatic heterocycles. The summed E-state index contributed by atoms with van der Waals surface area (Å²) in [6.07, 6.45) is 4.25. The minimum absolute atomic E-state index is 0.201. The summed E-state index contributed by atoms with van der Waals surface area (Å²) >= 11 is 0. The van der Waals surface area contributed by atoms with Gasteiger partial charge >= 0.3 is 5.97 Å². The van der Waals surface area contributed by atoms with Crippen molar-refractivity contribution in [2.45, 2.75) is 52.6 Å². The van der Waals surface area contributed by atoms with E-state index in [0.717, 1.165) is 25.9 Å². The molecular weight excluding hydrogens is 246 g/mol. The number of hydrogen-bond acceptors (Lipinski definition) is 3. The molecule has 19 heavy (non-hydrogen) atoms. The molecule has 0 radical (unpaired) electrons. The van der Waals surface area contributed by atoms with E-state index in [0.29, 0.717) is 6.54 Å². The van der Waals surface area contributed by atoms with Crippen LogP contribution in [-0.4, -0.2) is 36.2 Å². The predicted molar refractivity (Wildman–Crippen MR) is 71.8 cm³/mol. The lowest BCUT2D eigenvalue weighted by Gasteiger charge is -2.27. The Kier molecular flexibility index (Phi) is 5.79. The number of amides is 1. The molecule has 0 aromatic carbocycles. The van der Waals surface area contributed by atoms with Crippen LogP contribution in [0.5, 0.6) is 0 Å². The molecule has 0 saturated carbocycles. The molecular formula is C14H25NO4. The van der Waals surface area contributed by atoms with Crippen LogP contribution in [0.15, 0.2) is 0 Å². The van der Waals surface area contributed by atoms with Gasteiger partial charge in [-0.2, -0.15) is 0 Å². The molecule has 0 bridgehead atoms. The summed E-state index contributed by atoms with van der Waals surface area (Å²) in [4.78, 5) is 23.1. The largest absolute Gasteiger partial charge is 0.481 e. The zero-order valence-corrected chi connectivity index (χ0v) is 12.1. The maximum Gasteiger partial charge on any atom is 0.316 e. The number of nitrogens with one attached hydrogen (secondary N) is 1. The molecule has 5 heteroatoms. The molecule has 1 heterocycles. The normalized spacial score (nSPS) is 21.7. The number of aliphatic carboxylic acids is 1. The van der Waals surface area contributed by atoms with E-state index in [4.69, 9.17) is 9.84 Å². The smallest absolute Gasteiger partial charge is 0.316 e. The van der Waals surface area contributed by atoms with E-state index < -0.39 is 23.2 Å². The number of carboxylic acids is 1. The van der Waals surface area contributed by atoms with Gasteiger partial charge in [0.1, 0.15) is 5.92 Å². The Hall–Kier alpha value is -1.10. The van der Waals surface area contributed by atoms with Gasteiger partial charge < -0.3 is 15.2 Å². The van der Waals surface area contributed by atoms with Crippen molar-refractivity contribution in [3.8, 4) is 0 Å². The van der Waals surface area contributed by atoms with Crippen LogP contribution in [-0.2, 0) is 14.3 Å². The van der Waals surface area contributed by atoms with Gasteiger partial charge in [-0.05, 0) is 31.1 Å². The van der Waals surface area contributed by atoms with E-state index in [1.54, 1.807) is 20.8 Å². The van der Waals surface area contributed by atoms with Crippen molar-refractivity contribution in [2.75, 3.05) is 13.2 Å². The van der Waals surface area contributed by atoms with Gasteiger partial charge in [-0.25, -0.2) is 0 Å². The highest BCUT2D eigenvalue weighted by Crippen LogP contribution is 2.26. The van der Waals surface area contributed by atoms with Crippen LogP contribution in [0.2, 0.25) is 0 Å². The second kappa shape index (κ2) is 6.89. The summed E-state index contributed by atoms with van der Waals surface area (Å²) in [7, 11) is 0. The van der Waals surface area contributed by atoms with Gasteiger partial charge in [0.2, 0.25) is 5.91 Å². The average Bonchev–Trinajstić information content (AvgIpc) is 2.27. The minimum Gasteiger partial charge on any atom is -0.481 e. The second-order valence-electron chi connectivity index (χ2n) is 6.21. The van der Waals surface area contributed by atoms with Gasteiger partial charge in [0.25, 0.3) is 0 Å². The van der Waals surface area contributed by atoms with Crippen LogP contribution in [0.4, 0.5) is 0 Å². The van der Waals surface area contributed by atoms with Gasteiger partial charge in [-0.3, -0.25) is 9.59 Å². The van der Waals surface area contributed by atoms with Gasteiger partial charge in [0.15, 0.2) is 0 Å². The third-order valence-corrected chi connectivity index (χ3v) is 3.41. The number of carbonyl (C=O) groups excluding carboxylic acids is 1. The Bertz CT molecular complexity index is 316. The molecule has 1 amide bonds. The van der Waals surface area contributed by atoms with Crippen molar-refractivity contribution in [1.29, 1.82) is 0 Å². The summed E-state index contributed by atoms with van der Waals surface area (Å²) in [6.45, 7) is 6.54. The molecule has 110 valence electrons. The second-order valence-corrected chi connectivity index (χ2v) is 6.21. The number of ether oxygens (including phenoxy) is 1. The van der Waals surface area contributed by atoms with Crippen molar-refractivity contribution in [3.63, 3.8) is 0 Å². The molecule has 1 aliphatic rings. The molecule has 5 nitrogen and oxygen atoms in total. The Balaban J connectivity index is 2.38. The van der Waals surface area contributed by atoms with Gasteiger partial charge in [-0.1, -0.05) is 20.8 Å². The first-order valence-electron chi connectivity index (χ1n) is 6.94. The molecule has 0 aliphatic carbocycles. The van der Waals surface area contributed by atoms with Crippen molar-refractivity contribution in [2.24, 2.45) is 11.3 Å². The number of carboxylic acid groups (broad SMARTS) is 1. The first-order chi connectivity index (χ1) is 8.82. The van der Waals surface area contributed by atoms with Crippen LogP contribution in [0.1, 0.15) is 46.5 Å². The van der Waals surface area contributed by atoms with Crippen molar-refractivity contribution >= 4 is 11.9 Å². The molecule has 1 saturated heterocycles. The number of rotatable bonds is 5. The topological polar surface area (TPSA) is 75.6 Å². The van der Waals surface area contributed by atoms with E-state index >= 15 is 0 Å². The molecule has 0 aromatic rings. The molecule has 0 aromatic heterocycles. The van der Waals surface area contributed by atoms with Crippen LogP contribution in [0.3, 0.4) is 0 Å². The summed E-state index contributed by atoms with van der Waals surface area (Å²) in [5.41, 5.74) is -0.586. The lowest BCUT2D eigenvalue weighted by Crippen LogP contribution is -2.43. The Morgan fingerprint density at radius 1 is 1.37 bits per heavy atom. The molecule has 0 spiro atoms. The predicted octanol–water partition coefficient (Wildman–Crippen LogP) is 1.81. The summed E-state index contributed by atoms with van der Waals surface area (Å²) in [5, 5.41) is 11.9. The fourth-order valence-electron chi connectivity index (χ4n) is 2.37. The molecule has 2 atom stereocenters. The fraction of sp³-hybridized carbons (Fsp3) is 0.857. The van der Waals surface area contributed by atoms with Crippen LogP contribution in [0.25, 0.3) is 0 Å². The van der Waals surface area contributed by atoms with Crippen molar-refractivity contribution in [1.82, 2.24) is 5.32 Å². The molecule has 1 fully saturated rings. The Morgan fingerprint density at radius 2 is 2.05 bits per heavy atom. The van der Waals surface area contributed by atoms with E-state index in [2.05, 4.69) is 5.32 Å². The summed E-state index contributed by atoms with van der Waals surface area (Å²) in [6, 6.07) is 0. The van der Waals surface area contributed by atoms with E-state index in [9.17, 15) is 9.59 Å². The molecule has 2 N–H and O–H groups in total. The van der Waals surface area contributed by atoms with Gasteiger partial charge in [0.05, 0.1) is 6.10 Å². The highest BCUT2D eigenvalue weighted by Gasteiger charge is 2.37. The zero-order chi connectivity index (χ0) is 14.5. The van der Waals surface area contributed by atoms with Crippen molar-refractivity contribution in [3.05, 3.63) is 0 Å². The lowest BCUT2D eigenvalue weighted by atomic mass is 9.80. The average molecular weight is 271 g/mol. The lowest BCUT2D eigenvalue weighted by molar-refractivity contribution is -0.151. The first-order valence-corrected chi connectivity index (χ1v) is 6.94. The van der Waals surface area contributed by atoms with Crippen LogP contribution >= 0.6 is 0 Å². The number of carbonyl (C=O) groups is 2. The maximum atomic E-state index is 11.9.